The summed E-state index contributed by atoms with van der Waals surface area (Å²) in [4.78, 5) is 2.35. The van der Waals surface area contributed by atoms with Gasteiger partial charge >= 0.3 is 0 Å². The normalized spacial score (nSPS) is 15.0. The predicted molar refractivity (Wildman–Crippen MR) is 87.7 cm³/mol. The molecule has 4 nitrogen and oxygen atoms in total. The zero-order valence-electron chi connectivity index (χ0n) is 12.1. The third-order valence-corrected chi connectivity index (χ3v) is 3.78. The summed E-state index contributed by atoms with van der Waals surface area (Å²) in [6.07, 6.45) is 0. The van der Waals surface area contributed by atoms with Crippen molar-refractivity contribution in [1.82, 2.24) is 0 Å². The highest BCUT2D eigenvalue weighted by Crippen LogP contribution is 2.20. The van der Waals surface area contributed by atoms with Crippen molar-refractivity contribution >= 4 is 17.1 Å². The first-order chi connectivity index (χ1) is 10.3. The average molecular weight is 283 g/mol. The van der Waals surface area contributed by atoms with Gasteiger partial charge in [-0.05, 0) is 35.9 Å². The molecule has 1 aliphatic heterocycles. The zero-order chi connectivity index (χ0) is 14.5. The molecule has 1 heterocycles. The van der Waals surface area contributed by atoms with Gasteiger partial charge in [0.15, 0.2) is 0 Å². The van der Waals surface area contributed by atoms with Gasteiger partial charge in [0.05, 0.1) is 13.2 Å². The Morgan fingerprint density at radius 1 is 1.00 bits per heavy atom. The van der Waals surface area contributed by atoms with Gasteiger partial charge in [-0.15, -0.1) is 0 Å². The van der Waals surface area contributed by atoms with E-state index in [1.54, 1.807) is 0 Å². The van der Waals surface area contributed by atoms with E-state index in [0.29, 0.717) is 0 Å². The fourth-order valence-electron chi connectivity index (χ4n) is 2.50. The molecule has 110 valence electrons. The maximum absolute atomic E-state index is 5.95. The van der Waals surface area contributed by atoms with Crippen molar-refractivity contribution in [3.8, 4) is 0 Å². The van der Waals surface area contributed by atoms with E-state index < -0.39 is 0 Å². The molecule has 0 atom stereocenters. The maximum Gasteiger partial charge on any atom is 0.0642 e. The number of rotatable bonds is 4. The number of nitrogens with zero attached hydrogens (tertiary/aromatic N) is 1. The van der Waals surface area contributed by atoms with E-state index in [2.05, 4.69) is 34.5 Å². The number of ether oxygens (including phenoxy) is 1. The largest absolute Gasteiger partial charge is 0.398 e. The molecule has 0 radical (unpaired) electrons. The summed E-state index contributed by atoms with van der Waals surface area (Å²) in [7, 11) is 0. The number of hydrogen-bond acceptors (Lipinski definition) is 4. The minimum atomic E-state index is 0.740. The second-order valence-electron chi connectivity index (χ2n) is 5.20. The van der Waals surface area contributed by atoms with Gasteiger partial charge in [-0.3, -0.25) is 0 Å². The number of para-hydroxylation sites is 1. The molecule has 0 spiro atoms. The average Bonchev–Trinajstić information content (AvgIpc) is 2.55. The van der Waals surface area contributed by atoms with Gasteiger partial charge in [0.1, 0.15) is 0 Å². The van der Waals surface area contributed by atoms with Crippen molar-refractivity contribution in [1.29, 1.82) is 0 Å². The van der Waals surface area contributed by atoms with Crippen LogP contribution in [0.25, 0.3) is 0 Å². The molecule has 1 saturated heterocycles. The highest BCUT2D eigenvalue weighted by atomic mass is 16.5. The van der Waals surface area contributed by atoms with Crippen LogP contribution in [0.4, 0.5) is 17.1 Å². The van der Waals surface area contributed by atoms with Crippen molar-refractivity contribution in [3.05, 3.63) is 54.1 Å². The Morgan fingerprint density at radius 3 is 2.43 bits per heavy atom. The van der Waals surface area contributed by atoms with Crippen LogP contribution in [0.5, 0.6) is 0 Å². The molecule has 1 fully saturated rings. The number of nitrogens with one attached hydrogen (secondary N) is 1. The third-order valence-electron chi connectivity index (χ3n) is 3.78. The van der Waals surface area contributed by atoms with E-state index in [-0.39, 0.29) is 0 Å². The summed E-state index contributed by atoms with van der Waals surface area (Å²) in [5.74, 6) is 0. The molecule has 0 unspecified atom stereocenters. The molecule has 1 aliphatic rings. The summed E-state index contributed by atoms with van der Waals surface area (Å²) in [5.41, 5.74) is 10.3. The van der Waals surface area contributed by atoms with Crippen LogP contribution in [0, 0.1) is 0 Å². The van der Waals surface area contributed by atoms with Crippen LogP contribution in [0.2, 0.25) is 0 Å². The molecule has 3 N–H and O–H groups in total. The van der Waals surface area contributed by atoms with Crippen LogP contribution >= 0.6 is 0 Å². The number of hydrogen-bond donors (Lipinski definition) is 2. The third kappa shape index (κ3) is 3.47. The lowest BCUT2D eigenvalue weighted by atomic mass is 10.1. The van der Waals surface area contributed by atoms with Crippen molar-refractivity contribution in [2.45, 2.75) is 6.54 Å². The lowest BCUT2D eigenvalue weighted by molar-refractivity contribution is 0.122. The maximum atomic E-state index is 5.95. The molecule has 4 heteroatoms. The van der Waals surface area contributed by atoms with Gasteiger partial charge in [0, 0.05) is 36.7 Å². The summed E-state index contributed by atoms with van der Waals surface area (Å²) in [6, 6.07) is 16.5. The first kappa shape index (κ1) is 13.8. The van der Waals surface area contributed by atoms with Gasteiger partial charge in [-0.2, -0.15) is 0 Å². The number of nitrogens with two attached hydrogens (primary N) is 1. The molecule has 0 bridgehead atoms. The van der Waals surface area contributed by atoms with Crippen LogP contribution in [0.15, 0.2) is 48.5 Å². The van der Waals surface area contributed by atoms with Crippen molar-refractivity contribution in [2.24, 2.45) is 0 Å². The Hall–Kier alpha value is -2.20. The summed E-state index contributed by atoms with van der Waals surface area (Å²) in [6.45, 7) is 4.30. The summed E-state index contributed by atoms with van der Waals surface area (Å²) >= 11 is 0. The Balaban J connectivity index is 1.60. The summed E-state index contributed by atoms with van der Waals surface area (Å²) < 4.78 is 5.38. The van der Waals surface area contributed by atoms with E-state index in [4.69, 9.17) is 10.5 Å². The minimum absolute atomic E-state index is 0.740. The van der Waals surface area contributed by atoms with E-state index in [1.807, 2.05) is 24.3 Å². The fourth-order valence-corrected chi connectivity index (χ4v) is 2.50. The van der Waals surface area contributed by atoms with Crippen LogP contribution in [0.3, 0.4) is 0 Å². The lowest BCUT2D eigenvalue weighted by Crippen LogP contribution is -2.36. The highest BCUT2D eigenvalue weighted by molar-refractivity contribution is 5.56. The van der Waals surface area contributed by atoms with Crippen LogP contribution in [-0.4, -0.2) is 26.3 Å². The van der Waals surface area contributed by atoms with Gasteiger partial charge < -0.3 is 20.7 Å². The molecule has 21 heavy (non-hydrogen) atoms. The first-order valence-corrected chi connectivity index (χ1v) is 7.33. The van der Waals surface area contributed by atoms with Gasteiger partial charge in [0.2, 0.25) is 0 Å². The van der Waals surface area contributed by atoms with E-state index >= 15 is 0 Å². The monoisotopic (exact) mass is 283 g/mol. The summed E-state index contributed by atoms with van der Waals surface area (Å²) in [5, 5.41) is 3.41. The van der Waals surface area contributed by atoms with E-state index in [0.717, 1.165) is 49.8 Å². The Labute approximate surface area is 125 Å². The Morgan fingerprint density at radius 2 is 1.71 bits per heavy atom. The van der Waals surface area contributed by atoms with Gasteiger partial charge in [0.25, 0.3) is 0 Å². The van der Waals surface area contributed by atoms with E-state index in [1.165, 1.54) is 5.69 Å². The Kier molecular flexibility index (Phi) is 4.26. The topological polar surface area (TPSA) is 50.5 Å². The molecule has 0 aliphatic carbocycles. The van der Waals surface area contributed by atoms with Crippen LogP contribution in [-0.2, 0) is 11.3 Å². The van der Waals surface area contributed by atoms with Crippen molar-refractivity contribution < 1.29 is 4.74 Å². The second-order valence-corrected chi connectivity index (χ2v) is 5.20. The number of nitrogen functional groups attached to an aromatic ring is 1. The van der Waals surface area contributed by atoms with Crippen molar-refractivity contribution in [2.75, 3.05) is 42.3 Å². The first-order valence-electron chi connectivity index (χ1n) is 7.33. The predicted octanol–water partition coefficient (Wildman–Crippen LogP) is 2.72. The molecular formula is C17H21N3O. The van der Waals surface area contributed by atoms with Gasteiger partial charge in [-0.25, -0.2) is 0 Å². The molecule has 0 saturated carbocycles. The molecule has 0 amide bonds. The molecule has 2 aromatic carbocycles. The second kappa shape index (κ2) is 6.50. The van der Waals surface area contributed by atoms with Gasteiger partial charge in [-0.1, -0.05) is 18.2 Å². The smallest absolute Gasteiger partial charge is 0.0642 e. The number of benzene rings is 2. The number of morpholine rings is 1. The highest BCUT2D eigenvalue weighted by Gasteiger charge is 2.10. The Bertz CT molecular complexity index is 577. The molecule has 0 aromatic heterocycles. The van der Waals surface area contributed by atoms with Crippen LogP contribution in [0.1, 0.15) is 5.56 Å². The minimum Gasteiger partial charge on any atom is -0.398 e. The SMILES string of the molecule is Nc1ccccc1CNc1ccc(N2CCOCC2)cc1. The lowest BCUT2D eigenvalue weighted by Gasteiger charge is -2.29. The molecule has 2 aromatic rings. The standard InChI is InChI=1S/C17H21N3O/c18-17-4-2-1-3-14(17)13-19-15-5-7-16(8-6-15)20-9-11-21-12-10-20/h1-8,19H,9-13,18H2. The zero-order valence-corrected chi connectivity index (χ0v) is 12.1. The molecular weight excluding hydrogens is 262 g/mol. The van der Waals surface area contributed by atoms with Crippen LogP contribution < -0.4 is 16.0 Å². The fraction of sp³-hybridized carbons (Fsp3) is 0.294. The van der Waals surface area contributed by atoms with E-state index in [9.17, 15) is 0 Å². The molecule has 3 rings (SSSR count). The van der Waals surface area contributed by atoms with Crippen molar-refractivity contribution in [3.63, 3.8) is 0 Å². The quantitative estimate of drug-likeness (QED) is 0.847. The number of anilines is 3.